The third-order valence-corrected chi connectivity index (χ3v) is 3.41. The fourth-order valence-corrected chi connectivity index (χ4v) is 2.23. The van der Waals surface area contributed by atoms with Crippen LogP contribution in [-0.2, 0) is 6.54 Å². The van der Waals surface area contributed by atoms with Gasteiger partial charge in [0.15, 0.2) is 0 Å². The molecule has 2 aromatic rings. The molecular weight excluding hydrogens is 260 g/mol. The van der Waals surface area contributed by atoms with Crippen molar-refractivity contribution in [3.05, 3.63) is 40.7 Å². The van der Waals surface area contributed by atoms with Crippen LogP contribution in [0.25, 0.3) is 0 Å². The highest BCUT2D eigenvalue weighted by Gasteiger charge is 2.06. The first-order chi connectivity index (χ1) is 9.04. The van der Waals surface area contributed by atoms with Gasteiger partial charge in [0.25, 0.3) is 0 Å². The monoisotopic (exact) mass is 276 g/mol. The van der Waals surface area contributed by atoms with E-state index in [1.807, 2.05) is 13.8 Å². The first-order valence-corrected chi connectivity index (χ1v) is 6.73. The lowest BCUT2D eigenvalue weighted by Crippen LogP contribution is -2.28. The zero-order valence-electron chi connectivity index (χ0n) is 11.2. The topological polar surface area (TPSA) is 66.9 Å². The number of nitrogens with zero attached hydrogens (tertiary/aromatic N) is 2. The molecule has 0 bridgehead atoms. The van der Waals surface area contributed by atoms with E-state index in [1.165, 1.54) is 17.1 Å². The summed E-state index contributed by atoms with van der Waals surface area (Å²) in [5, 5.41) is 5.99. The minimum absolute atomic E-state index is 0.267. The SMILES string of the molecule is Cc1ccc(C)c(CNC(=O)Nc2nc(C)ns2)c1. The number of aromatic nitrogens is 2. The van der Waals surface area contributed by atoms with Crippen molar-refractivity contribution in [1.29, 1.82) is 0 Å². The largest absolute Gasteiger partial charge is 0.334 e. The van der Waals surface area contributed by atoms with Gasteiger partial charge in [0.05, 0.1) is 0 Å². The highest BCUT2D eigenvalue weighted by Crippen LogP contribution is 2.11. The Bertz CT molecular complexity index is 594. The Balaban J connectivity index is 1.91. The van der Waals surface area contributed by atoms with Crippen molar-refractivity contribution in [2.45, 2.75) is 27.3 Å². The van der Waals surface area contributed by atoms with Gasteiger partial charge in [-0.2, -0.15) is 4.37 Å². The van der Waals surface area contributed by atoms with Gasteiger partial charge in [0.1, 0.15) is 5.82 Å². The Morgan fingerprint density at radius 1 is 1.32 bits per heavy atom. The van der Waals surface area contributed by atoms with E-state index < -0.39 is 0 Å². The Hall–Kier alpha value is -1.95. The minimum Gasteiger partial charge on any atom is -0.334 e. The third kappa shape index (κ3) is 3.75. The smallest absolute Gasteiger partial charge is 0.321 e. The van der Waals surface area contributed by atoms with E-state index in [0.29, 0.717) is 17.5 Å². The fourth-order valence-electron chi connectivity index (χ4n) is 1.66. The average molecular weight is 276 g/mol. The maximum Gasteiger partial charge on any atom is 0.321 e. The number of anilines is 1. The van der Waals surface area contributed by atoms with Crippen molar-refractivity contribution in [3.8, 4) is 0 Å². The second-order valence-corrected chi connectivity index (χ2v) is 5.14. The lowest BCUT2D eigenvalue weighted by molar-refractivity contribution is 0.251. The Morgan fingerprint density at radius 3 is 2.79 bits per heavy atom. The molecule has 0 fully saturated rings. The molecule has 19 heavy (non-hydrogen) atoms. The molecule has 1 heterocycles. The predicted octanol–water partition coefficient (Wildman–Crippen LogP) is 2.79. The van der Waals surface area contributed by atoms with Crippen LogP contribution in [0.3, 0.4) is 0 Å². The molecule has 0 spiro atoms. The molecule has 0 radical (unpaired) electrons. The number of amides is 2. The van der Waals surface area contributed by atoms with Gasteiger partial charge in [-0.15, -0.1) is 0 Å². The number of rotatable bonds is 3. The standard InChI is InChI=1S/C13H16N4OS/c1-8-4-5-9(2)11(6-8)7-14-12(18)16-13-15-10(3)17-19-13/h4-6H,7H2,1-3H3,(H2,14,15,16,17,18). The second-order valence-electron chi connectivity index (χ2n) is 4.38. The number of carbonyl (C=O) groups excluding carboxylic acids is 1. The van der Waals surface area contributed by atoms with Gasteiger partial charge in [-0.1, -0.05) is 23.8 Å². The van der Waals surface area contributed by atoms with Crippen molar-refractivity contribution in [3.63, 3.8) is 0 Å². The number of hydrogen-bond donors (Lipinski definition) is 2. The van der Waals surface area contributed by atoms with Crippen LogP contribution < -0.4 is 10.6 Å². The lowest BCUT2D eigenvalue weighted by atomic mass is 10.1. The van der Waals surface area contributed by atoms with Crippen LogP contribution in [-0.4, -0.2) is 15.4 Å². The van der Waals surface area contributed by atoms with Crippen LogP contribution >= 0.6 is 11.5 Å². The van der Waals surface area contributed by atoms with Crippen molar-refractivity contribution >= 4 is 22.7 Å². The molecular formula is C13H16N4OS. The molecule has 0 aliphatic heterocycles. The van der Waals surface area contributed by atoms with Crippen molar-refractivity contribution < 1.29 is 4.79 Å². The summed E-state index contributed by atoms with van der Waals surface area (Å²) in [4.78, 5) is 15.8. The Labute approximate surface area is 116 Å². The van der Waals surface area contributed by atoms with Crippen molar-refractivity contribution in [1.82, 2.24) is 14.7 Å². The molecule has 1 aromatic carbocycles. The molecule has 100 valence electrons. The summed E-state index contributed by atoms with van der Waals surface area (Å²) >= 11 is 1.17. The number of benzene rings is 1. The second kappa shape index (κ2) is 5.79. The van der Waals surface area contributed by atoms with Gasteiger partial charge >= 0.3 is 6.03 Å². The minimum atomic E-state index is -0.267. The molecule has 0 saturated carbocycles. The molecule has 2 N–H and O–H groups in total. The van der Waals surface area contributed by atoms with Crippen LogP contribution in [0.5, 0.6) is 0 Å². The number of aryl methyl sites for hydroxylation is 3. The van der Waals surface area contributed by atoms with Gasteiger partial charge in [0.2, 0.25) is 5.13 Å². The molecule has 0 atom stereocenters. The van der Waals surface area contributed by atoms with E-state index in [9.17, 15) is 4.79 Å². The molecule has 5 nitrogen and oxygen atoms in total. The van der Waals surface area contributed by atoms with E-state index in [4.69, 9.17) is 0 Å². The van der Waals surface area contributed by atoms with E-state index in [2.05, 4.69) is 38.2 Å². The van der Waals surface area contributed by atoms with Gasteiger partial charge in [-0.05, 0) is 31.9 Å². The van der Waals surface area contributed by atoms with Gasteiger partial charge < -0.3 is 5.32 Å². The summed E-state index contributed by atoms with van der Waals surface area (Å²) in [5.74, 6) is 0.662. The highest BCUT2D eigenvalue weighted by atomic mass is 32.1. The number of carbonyl (C=O) groups is 1. The summed E-state index contributed by atoms with van der Waals surface area (Å²) in [7, 11) is 0. The highest BCUT2D eigenvalue weighted by molar-refractivity contribution is 7.09. The molecule has 1 aromatic heterocycles. The quantitative estimate of drug-likeness (QED) is 0.906. The maximum atomic E-state index is 11.7. The molecule has 0 saturated heterocycles. The van der Waals surface area contributed by atoms with E-state index in [-0.39, 0.29) is 6.03 Å². The number of hydrogen-bond acceptors (Lipinski definition) is 4. The van der Waals surface area contributed by atoms with E-state index >= 15 is 0 Å². The van der Waals surface area contributed by atoms with Gasteiger partial charge in [-0.3, -0.25) is 5.32 Å². The molecule has 0 aliphatic rings. The number of urea groups is 1. The fraction of sp³-hybridized carbons (Fsp3) is 0.308. The third-order valence-electron chi connectivity index (χ3n) is 2.69. The molecule has 6 heteroatoms. The normalized spacial score (nSPS) is 10.3. The molecule has 2 rings (SSSR count). The van der Waals surface area contributed by atoms with Crippen LogP contribution in [0, 0.1) is 20.8 Å². The predicted molar refractivity (Wildman–Crippen MR) is 76.4 cm³/mol. The van der Waals surface area contributed by atoms with Crippen LogP contribution in [0.4, 0.5) is 9.93 Å². The lowest BCUT2D eigenvalue weighted by Gasteiger charge is -2.08. The first kappa shape index (κ1) is 13.5. The zero-order valence-corrected chi connectivity index (χ0v) is 12.0. The Kier molecular flexibility index (Phi) is 4.11. The van der Waals surface area contributed by atoms with Crippen LogP contribution in [0.1, 0.15) is 22.5 Å². The first-order valence-electron chi connectivity index (χ1n) is 5.96. The summed E-state index contributed by atoms with van der Waals surface area (Å²) in [6.07, 6.45) is 0. The van der Waals surface area contributed by atoms with E-state index in [1.54, 1.807) is 6.92 Å². The summed E-state index contributed by atoms with van der Waals surface area (Å²) in [5.41, 5.74) is 3.46. The van der Waals surface area contributed by atoms with Crippen LogP contribution in [0.15, 0.2) is 18.2 Å². The van der Waals surface area contributed by atoms with Gasteiger partial charge in [-0.25, -0.2) is 9.78 Å². The van der Waals surface area contributed by atoms with Crippen LogP contribution in [0.2, 0.25) is 0 Å². The van der Waals surface area contributed by atoms with Crippen molar-refractivity contribution in [2.24, 2.45) is 0 Å². The average Bonchev–Trinajstić information content (AvgIpc) is 2.76. The molecule has 2 amide bonds. The van der Waals surface area contributed by atoms with E-state index in [0.717, 1.165) is 11.1 Å². The summed E-state index contributed by atoms with van der Waals surface area (Å²) in [6.45, 7) is 6.35. The Morgan fingerprint density at radius 2 is 2.11 bits per heavy atom. The summed E-state index contributed by atoms with van der Waals surface area (Å²) in [6, 6.07) is 5.92. The van der Waals surface area contributed by atoms with Gasteiger partial charge in [0, 0.05) is 18.1 Å². The molecule has 0 unspecified atom stereocenters. The zero-order chi connectivity index (χ0) is 13.8. The number of nitrogens with one attached hydrogen (secondary N) is 2. The summed E-state index contributed by atoms with van der Waals surface area (Å²) < 4.78 is 4.00. The maximum absolute atomic E-state index is 11.7. The van der Waals surface area contributed by atoms with Crippen molar-refractivity contribution in [2.75, 3.05) is 5.32 Å². The molecule has 0 aliphatic carbocycles.